The van der Waals surface area contributed by atoms with Crippen LogP contribution in [0, 0.1) is 12.8 Å². The van der Waals surface area contributed by atoms with Crippen molar-refractivity contribution in [2.75, 3.05) is 13.1 Å². The van der Waals surface area contributed by atoms with E-state index in [1.54, 1.807) is 19.2 Å². The van der Waals surface area contributed by atoms with Gasteiger partial charge in [0.15, 0.2) is 5.65 Å². The van der Waals surface area contributed by atoms with Gasteiger partial charge in [0.1, 0.15) is 0 Å². The zero-order chi connectivity index (χ0) is 17.9. The summed E-state index contributed by atoms with van der Waals surface area (Å²) < 4.78 is 1.29. The van der Waals surface area contributed by atoms with Crippen LogP contribution >= 0.6 is 0 Å². The van der Waals surface area contributed by atoms with Crippen molar-refractivity contribution in [3.8, 4) is 0 Å². The number of H-pyrrole nitrogens is 1. The number of carbonyl (C=O) groups is 2. The molecule has 0 bridgehead atoms. The number of aliphatic carboxylic acids is 1. The summed E-state index contributed by atoms with van der Waals surface area (Å²) in [4.78, 5) is 41.7. The van der Waals surface area contributed by atoms with Gasteiger partial charge in [0.05, 0.1) is 12.8 Å². The molecule has 24 heavy (non-hydrogen) atoms. The smallest absolute Gasteiger partial charge is 0.305 e. The van der Waals surface area contributed by atoms with Gasteiger partial charge in [-0.3, -0.25) is 19.5 Å². The van der Waals surface area contributed by atoms with Crippen LogP contribution in [-0.4, -0.2) is 49.6 Å². The van der Waals surface area contributed by atoms with Gasteiger partial charge in [-0.25, -0.2) is 9.50 Å². The Morgan fingerprint density at radius 1 is 1.42 bits per heavy atom. The minimum absolute atomic E-state index is 0.0913. The van der Waals surface area contributed by atoms with Crippen LogP contribution in [0.1, 0.15) is 31.5 Å². The summed E-state index contributed by atoms with van der Waals surface area (Å²) >= 11 is 0. The Morgan fingerprint density at radius 2 is 2.12 bits per heavy atom. The predicted molar refractivity (Wildman–Crippen MR) is 87.9 cm³/mol. The predicted octanol–water partition coefficient (Wildman–Crippen LogP) is 0.833. The fourth-order valence-corrected chi connectivity index (χ4v) is 2.56. The largest absolute Gasteiger partial charge is 0.481 e. The van der Waals surface area contributed by atoms with E-state index < -0.39 is 5.97 Å². The van der Waals surface area contributed by atoms with E-state index in [1.165, 1.54) is 9.42 Å². The molecule has 0 aromatic carbocycles. The standard InChI is InChI=1S/C16H22N4O4/c1-10(2)9-19(7-5-15(22)23)14(21)8-12-11(3)18-13-4-6-17-20(13)16(12)24/h4,6,10,17H,5,7-9H2,1-3H3,(H,22,23). The van der Waals surface area contributed by atoms with E-state index in [0.717, 1.165) is 0 Å². The van der Waals surface area contributed by atoms with Gasteiger partial charge in [-0.2, -0.15) is 0 Å². The van der Waals surface area contributed by atoms with Gasteiger partial charge in [-0.15, -0.1) is 0 Å². The van der Waals surface area contributed by atoms with Crippen molar-refractivity contribution >= 4 is 17.5 Å². The second-order valence-electron chi connectivity index (χ2n) is 6.19. The number of aryl methyl sites for hydroxylation is 1. The normalized spacial score (nSPS) is 11.2. The third-order valence-electron chi connectivity index (χ3n) is 3.71. The second kappa shape index (κ2) is 7.29. The topological polar surface area (TPSA) is 108 Å². The molecule has 2 aromatic rings. The summed E-state index contributed by atoms with van der Waals surface area (Å²) in [6, 6.07) is 1.68. The van der Waals surface area contributed by atoms with Crippen molar-refractivity contribution in [2.24, 2.45) is 5.92 Å². The van der Waals surface area contributed by atoms with Crippen LogP contribution in [0.3, 0.4) is 0 Å². The first-order valence-corrected chi connectivity index (χ1v) is 7.84. The van der Waals surface area contributed by atoms with Crippen LogP contribution in [0.2, 0.25) is 0 Å². The molecule has 0 aliphatic heterocycles. The van der Waals surface area contributed by atoms with Gasteiger partial charge in [0, 0.05) is 36.6 Å². The van der Waals surface area contributed by atoms with Crippen LogP contribution in [0.4, 0.5) is 0 Å². The summed E-state index contributed by atoms with van der Waals surface area (Å²) in [5, 5.41) is 11.6. The number of nitrogens with zero attached hydrogens (tertiary/aromatic N) is 3. The van der Waals surface area contributed by atoms with Gasteiger partial charge < -0.3 is 10.0 Å². The number of nitrogens with one attached hydrogen (secondary N) is 1. The summed E-state index contributed by atoms with van der Waals surface area (Å²) in [5.74, 6) is -1.02. The zero-order valence-electron chi connectivity index (χ0n) is 14.1. The number of amides is 1. The fourth-order valence-electron chi connectivity index (χ4n) is 2.56. The van der Waals surface area contributed by atoms with Crippen molar-refractivity contribution in [1.29, 1.82) is 0 Å². The molecule has 2 heterocycles. The molecule has 2 aromatic heterocycles. The van der Waals surface area contributed by atoms with Crippen LogP contribution < -0.4 is 5.56 Å². The number of carbonyl (C=O) groups excluding carboxylic acids is 1. The number of carboxylic acids is 1. The molecule has 130 valence electrons. The summed E-state index contributed by atoms with van der Waals surface area (Å²) in [5.41, 5.74) is 1.02. The third-order valence-corrected chi connectivity index (χ3v) is 3.71. The molecule has 0 aliphatic rings. The molecule has 0 saturated carbocycles. The highest BCUT2D eigenvalue weighted by Crippen LogP contribution is 2.08. The minimum atomic E-state index is -0.956. The van der Waals surface area contributed by atoms with Crippen molar-refractivity contribution in [2.45, 2.75) is 33.6 Å². The quantitative estimate of drug-likeness (QED) is 0.780. The molecule has 2 rings (SSSR count). The van der Waals surface area contributed by atoms with E-state index in [4.69, 9.17) is 5.11 Å². The summed E-state index contributed by atoms with van der Waals surface area (Å²) in [6.07, 6.45) is 1.39. The number of aromatic amines is 1. The lowest BCUT2D eigenvalue weighted by molar-refractivity contribution is -0.138. The first-order chi connectivity index (χ1) is 11.3. The average molecular weight is 334 g/mol. The molecule has 8 heteroatoms. The lowest BCUT2D eigenvalue weighted by atomic mass is 10.1. The van der Waals surface area contributed by atoms with Crippen molar-refractivity contribution in [1.82, 2.24) is 19.5 Å². The third kappa shape index (κ3) is 4.01. The van der Waals surface area contributed by atoms with Crippen LogP contribution in [0.25, 0.3) is 5.65 Å². The lowest BCUT2D eigenvalue weighted by Crippen LogP contribution is -2.38. The first kappa shape index (κ1) is 17.7. The zero-order valence-corrected chi connectivity index (χ0v) is 14.1. The monoisotopic (exact) mass is 334 g/mol. The number of rotatable bonds is 7. The summed E-state index contributed by atoms with van der Waals surface area (Å²) in [6.45, 7) is 6.18. The van der Waals surface area contributed by atoms with Gasteiger partial charge in [0.25, 0.3) is 5.56 Å². The van der Waals surface area contributed by atoms with Gasteiger partial charge in [-0.05, 0) is 12.8 Å². The highest BCUT2D eigenvalue weighted by atomic mass is 16.4. The Hall–Kier alpha value is -2.64. The first-order valence-electron chi connectivity index (χ1n) is 7.84. The van der Waals surface area contributed by atoms with E-state index >= 15 is 0 Å². The molecule has 2 N–H and O–H groups in total. The molecule has 0 saturated heterocycles. The minimum Gasteiger partial charge on any atom is -0.481 e. The molecular formula is C16H22N4O4. The van der Waals surface area contributed by atoms with Crippen molar-refractivity contribution < 1.29 is 14.7 Å². The number of fused-ring (bicyclic) bond motifs is 1. The maximum atomic E-state index is 12.6. The Kier molecular flexibility index (Phi) is 5.38. The van der Waals surface area contributed by atoms with E-state index in [0.29, 0.717) is 23.4 Å². The Morgan fingerprint density at radius 3 is 2.75 bits per heavy atom. The Bertz CT molecular complexity index is 806. The van der Waals surface area contributed by atoms with Crippen molar-refractivity contribution in [3.63, 3.8) is 0 Å². The highest BCUT2D eigenvalue weighted by molar-refractivity contribution is 5.79. The van der Waals surface area contributed by atoms with Gasteiger partial charge >= 0.3 is 5.97 Å². The second-order valence-corrected chi connectivity index (χ2v) is 6.19. The molecule has 0 fully saturated rings. The molecule has 1 amide bonds. The van der Waals surface area contributed by atoms with E-state index in [9.17, 15) is 14.4 Å². The highest BCUT2D eigenvalue weighted by Gasteiger charge is 2.20. The van der Waals surface area contributed by atoms with Crippen LogP contribution in [-0.2, 0) is 16.0 Å². The molecular weight excluding hydrogens is 312 g/mol. The van der Waals surface area contributed by atoms with Gasteiger partial charge in [-0.1, -0.05) is 13.8 Å². The molecule has 0 unspecified atom stereocenters. The van der Waals surface area contributed by atoms with Crippen LogP contribution in [0.15, 0.2) is 17.1 Å². The van der Waals surface area contributed by atoms with Gasteiger partial charge in [0.2, 0.25) is 5.91 Å². The summed E-state index contributed by atoms with van der Waals surface area (Å²) in [7, 11) is 0. The maximum absolute atomic E-state index is 12.6. The van der Waals surface area contributed by atoms with Crippen molar-refractivity contribution in [3.05, 3.63) is 33.9 Å². The Balaban J connectivity index is 2.25. The Labute approximate surface area is 139 Å². The molecule has 8 nitrogen and oxygen atoms in total. The van der Waals surface area contributed by atoms with E-state index in [2.05, 4.69) is 10.1 Å². The number of aromatic nitrogens is 3. The molecule has 0 spiro atoms. The maximum Gasteiger partial charge on any atom is 0.305 e. The average Bonchev–Trinajstić information content (AvgIpc) is 2.95. The SMILES string of the molecule is Cc1nc2cc[nH]n2c(=O)c1CC(=O)N(CCC(=O)O)CC(C)C. The molecule has 0 aliphatic carbocycles. The number of carboxylic acid groups (broad SMARTS) is 1. The number of hydrogen-bond acceptors (Lipinski definition) is 4. The number of hydrogen-bond donors (Lipinski definition) is 2. The molecule has 0 atom stereocenters. The van der Waals surface area contributed by atoms with E-state index in [1.807, 2.05) is 13.8 Å². The fraction of sp³-hybridized carbons (Fsp3) is 0.500. The van der Waals surface area contributed by atoms with Crippen LogP contribution in [0.5, 0.6) is 0 Å². The molecule has 0 radical (unpaired) electrons. The lowest BCUT2D eigenvalue weighted by Gasteiger charge is -2.24. The van der Waals surface area contributed by atoms with E-state index in [-0.39, 0.29) is 36.8 Å².